The number of Topliss-reactive ketones (excluding diaryl/α,β-unsaturated/α-hetero) is 1. The number of hydrogen-bond acceptors (Lipinski definition) is 4. The number of ketones is 1. The van der Waals surface area contributed by atoms with Crippen LogP contribution in [0.15, 0.2) is 42.0 Å². The van der Waals surface area contributed by atoms with Crippen LogP contribution in [0.5, 0.6) is 0 Å². The number of benzene rings is 1. The van der Waals surface area contributed by atoms with Gasteiger partial charge in [-0.3, -0.25) is 4.79 Å². The summed E-state index contributed by atoms with van der Waals surface area (Å²) in [5, 5.41) is 5.67. The summed E-state index contributed by atoms with van der Waals surface area (Å²) >= 11 is 1.83. The largest absolute Gasteiger partial charge is 0.339 e. The molecule has 0 amide bonds. The predicted octanol–water partition coefficient (Wildman–Crippen LogP) is 4.74. The Hall–Kier alpha value is -2.11. The summed E-state index contributed by atoms with van der Waals surface area (Å²) in [4.78, 5) is 17.8. The number of carbonyl (C=O) groups excluding carboxylic acids is 1. The fourth-order valence-corrected chi connectivity index (χ4v) is 4.96. The van der Waals surface area contributed by atoms with Gasteiger partial charge in [-0.1, -0.05) is 29.8 Å². The summed E-state index contributed by atoms with van der Waals surface area (Å²) < 4.78 is 2.36. The van der Waals surface area contributed by atoms with Crippen LogP contribution in [0.3, 0.4) is 0 Å². The Labute approximate surface area is 170 Å². The van der Waals surface area contributed by atoms with E-state index < -0.39 is 0 Å². The van der Waals surface area contributed by atoms with Crippen LogP contribution in [-0.4, -0.2) is 39.4 Å². The number of pyridine rings is 1. The van der Waals surface area contributed by atoms with E-state index in [1.165, 1.54) is 16.5 Å². The van der Waals surface area contributed by atoms with Crippen LogP contribution in [0, 0.1) is 6.92 Å². The van der Waals surface area contributed by atoms with E-state index >= 15 is 0 Å². The van der Waals surface area contributed by atoms with E-state index in [-0.39, 0.29) is 11.8 Å². The van der Waals surface area contributed by atoms with Gasteiger partial charge in [0.2, 0.25) is 0 Å². The fourth-order valence-electron chi connectivity index (χ4n) is 4.02. The van der Waals surface area contributed by atoms with E-state index in [0.29, 0.717) is 5.69 Å². The molecule has 3 heterocycles. The molecule has 2 aromatic heterocycles. The van der Waals surface area contributed by atoms with Crippen molar-refractivity contribution in [2.24, 2.45) is 0 Å². The molecule has 1 aliphatic rings. The van der Waals surface area contributed by atoms with Crippen molar-refractivity contribution < 1.29 is 4.79 Å². The summed E-state index contributed by atoms with van der Waals surface area (Å²) in [7, 11) is 0. The number of para-hydroxylation sites is 1. The van der Waals surface area contributed by atoms with Gasteiger partial charge < -0.3 is 9.88 Å². The Kier molecular flexibility index (Phi) is 5.56. The highest BCUT2D eigenvalue weighted by Crippen LogP contribution is 2.31. The van der Waals surface area contributed by atoms with Crippen molar-refractivity contribution in [1.29, 1.82) is 0 Å². The summed E-state index contributed by atoms with van der Waals surface area (Å²) in [5.74, 6) is 2.00. The number of nitrogens with one attached hydrogen (secondary N) is 1. The maximum Gasteiger partial charge on any atom is 0.198 e. The zero-order chi connectivity index (χ0) is 19.7. The maximum absolute atomic E-state index is 13.0. The lowest BCUT2D eigenvalue weighted by Gasteiger charge is -2.21. The molecule has 4 nitrogen and oxygen atoms in total. The number of allylic oxidation sites excluding steroid dienone is 2. The molecule has 1 saturated heterocycles. The molecule has 1 unspecified atom stereocenters. The Balaban J connectivity index is 1.82. The average Bonchev–Trinajstić information content (AvgIpc) is 3.02. The Morgan fingerprint density at radius 3 is 2.89 bits per heavy atom. The van der Waals surface area contributed by atoms with Gasteiger partial charge in [0.05, 0.1) is 17.3 Å². The van der Waals surface area contributed by atoms with Gasteiger partial charge in [-0.2, -0.15) is 11.8 Å². The first-order valence-electron chi connectivity index (χ1n) is 9.93. The lowest BCUT2D eigenvalue weighted by Crippen LogP contribution is -2.43. The van der Waals surface area contributed by atoms with E-state index in [9.17, 15) is 4.79 Å². The molecular formula is C23H27N3OS. The summed E-state index contributed by atoms with van der Waals surface area (Å²) in [6, 6.07) is 10.3. The third-order valence-corrected chi connectivity index (χ3v) is 6.38. The number of aryl methyl sites for hydroxylation is 2. The van der Waals surface area contributed by atoms with Gasteiger partial charge in [0.15, 0.2) is 5.78 Å². The summed E-state index contributed by atoms with van der Waals surface area (Å²) in [6.07, 6.45) is 3.26. The molecule has 1 atom stereocenters. The van der Waals surface area contributed by atoms with Crippen LogP contribution in [0.25, 0.3) is 21.8 Å². The van der Waals surface area contributed by atoms with Gasteiger partial charge in [-0.15, -0.1) is 0 Å². The van der Waals surface area contributed by atoms with Gasteiger partial charge >= 0.3 is 0 Å². The molecular weight excluding hydrogens is 366 g/mol. The first-order chi connectivity index (χ1) is 13.6. The molecule has 0 spiro atoms. The number of fused-ring (bicyclic) bond motifs is 3. The Morgan fingerprint density at radius 2 is 2.14 bits per heavy atom. The number of carbonyl (C=O) groups is 1. The van der Waals surface area contributed by atoms with Crippen molar-refractivity contribution in [3.63, 3.8) is 0 Å². The lowest BCUT2D eigenvalue weighted by molar-refractivity contribution is 0.0948. The first-order valence-corrected chi connectivity index (χ1v) is 11.1. The fraction of sp³-hybridized carbons (Fsp3) is 0.391. The molecule has 3 aromatic rings. The van der Waals surface area contributed by atoms with Crippen molar-refractivity contribution in [3.8, 4) is 0 Å². The van der Waals surface area contributed by atoms with Crippen LogP contribution in [-0.2, 0) is 6.54 Å². The molecule has 1 fully saturated rings. The molecule has 0 radical (unpaired) electrons. The van der Waals surface area contributed by atoms with Crippen LogP contribution in [0.4, 0.5) is 0 Å². The van der Waals surface area contributed by atoms with Crippen LogP contribution in [0.2, 0.25) is 0 Å². The zero-order valence-electron chi connectivity index (χ0n) is 16.8. The molecule has 0 saturated carbocycles. The van der Waals surface area contributed by atoms with Gasteiger partial charge in [0.25, 0.3) is 0 Å². The molecule has 4 rings (SSSR count). The highest BCUT2D eigenvalue weighted by Gasteiger charge is 2.25. The summed E-state index contributed by atoms with van der Waals surface area (Å²) in [6.45, 7) is 8.08. The molecule has 28 heavy (non-hydrogen) atoms. The van der Waals surface area contributed by atoms with E-state index in [4.69, 9.17) is 4.98 Å². The van der Waals surface area contributed by atoms with E-state index in [1.807, 2.05) is 24.8 Å². The number of thioether (sulfide) groups is 1. The Bertz CT molecular complexity index is 1060. The molecule has 1 aromatic carbocycles. The maximum atomic E-state index is 13.0. The highest BCUT2D eigenvalue weighted by atomic mass is 32.2. The normalized spacial score (nSPS) is 17.2. The van der Waals surface area contributed by atoms with Gasteiger partial charge in [-0.05, 0) is 39.3 Å². The third kappa shape index (κ3) is 3.61. The number of aromatic nitrogens is 2. The molecule has 0 aliphatic carbocycles. The average molecular weight is 394 g/mol. The molecule has 146 valence electrons. The summed E-state index contributed by atoms with van der Waals surface area (Å²) in [5.41, 5.74) is 5.20. The van der Waals surface area contributed by atoms with Crippen molar-refractivity contribution in [3.05, 3.63) is 53.4 Å². The minimum atomic E-state index is -0.130. The molecule has 0 bridgehead atoms. The number of rotatable bonds is 5. The molecule has 5 heteroatoms. The molecule has 1 aliphatic heterocycles. The Morgan fingerprint density at radius 1 is 1.32 bits per heavy atom. The van der Waals surface area contributed by atoms with E-state index in [1.54, 1.807) is 0 Å². The first kappa shape index (κ1) is 19.2. The zero-order valence-corrected chi connectivity index (χ0v) is 17.6. The van der Waals surface area contributed by atoms with Crippen molar-refractivity contribution in [2.75, 3.05) is 18.1 Å². The van der Waals surface area contributed by atoms with Crippen molar-refractivity contribution in [1.82, 2.24) is 14.9 Å². The monoisotopic (exact) mass is 393 g/mol. The number of hydrogen-bond donors (Lipinski definition) is 1. The third-order valence-electron chi connectivity index (χ3n) is 5.32. The van der Waals surface area contributed by atoms with E-state index in [2.05, 4.69) is 54.1 Å². The standard InChI is InChI=1S/C23H27N3OS/c1-15(2)7-6-11-26-21-9-5-4-8-17(21)18-13-19(25-16(3)22(18)26)23(27)20-14-28-12-10-24-20/h4-5,7-9,13,20,24H,6,10-12,14H2,1-3H3. The SMILES string of the molecule is CC(C)=CCCn1c2ccccc2c2cc(C(=O)C3CSCCN3)nc(C)c21. The second kappa shape index (κ2) is 8.10. The van der Waals surface area contributed by atoms with Crippen LogP contribution in [0.1, 0.15) is 36.5 Å². The minimum Gasteiger partial charge on any atom is -0.339 e. The lowest BCUT2D eigenvalue weighted by atomic mass is 10.1. The van der Waals surface area contributed by atoms with Crippen molar-refractivity contribution in [2.45, 2.75) is 39.8 Å². The highest BCUT2D eigenvalue weighted by molar-refractivity contribution is 7.99. The van der Waals surface area contributed by atoms with Crippen LogP contribution < -0.4 is 5.32 Å². The molecule has 1 N–H and O–H groups in total. The van der Waals surface area contributed by atoms with Gasteiger partial charge in [0.1, 0.15) is 5.69 Å². The second-order valence-electron chi connectivity index (χ2n) is 7.67. The quantitative estimate of drug-likeness (QED) is 0.502. The van der Waals surface area contributed by atoms with Gasteiger partial charge in [-0.25, -0.2) is 4.98 Å². The topological polar surface area (TPSA) is 46.9 Å². The smallest absolute Gasteiger partial charge is 0.198 e. The van der Waals surface area contributed by atoms with Crippen molar-refractivity contribution >= 4 is 39.4 Å². The predicted molar refractivity (Wildman–Crippen MR) is 119 cm³/mol. The number of nitrogens with zero attached hydrogens (tertiary/aromatic N) is 2. The van der Waals surface area contributed by atoms with Gasteiger partial charge in [0, 0.05) is 40.9 Å². The minimum absolute atomic E-state index is 0.110. The second-order valence-corrected chi connectivity index (χ2v) is 8.82. The van der Waals surface area contributed by atoms with Crippen LogP contribution >= 0.6 is 11.8 Å². The van der Waals surface area contributed by atoms with E-state index in [0.717, 1.165) is 47.6 Å².